The molecule has 0 aromatic heterocycles. The predicted octanol–water partition coefficient (Wildman–Crippen LogP) is 2.12. The summed E-state index contributed by atoms with van der Waals surface area (Å²) in [5, 5.41) is 5.55. The lowest BCUT2D eigenvalue weighted by molar-refractivity contribution is -0.135. The predicted molar refractivity (Wildman–Crippen MR) is 130 cm³/mol. The maximum absolute atomic E-state index is 13.3. The smallest absolute Gasteiger partial charge is 0.325 e. The van der Waals surface area contributed by atoms with Gasteiger partial charge in [-0.05, 0) is 48.1 Å². The Bertz CT molecular complexity index is 1240. The van der Waals surface area contributed by atoms with E-state index in [2.05, 4.69) is 10.6 Å². The molecule has 9 nitrogen and oxygen atoms in total. The van der Waals surface area contributed by atoms with E-state index in [1.165, 1.54) is 16.4 Å². The van der Waals surface area contributed by atoms with Crippen LogP contribution in [0, 0.1) is 0 Å². The summed E-state index contributed by atoms with van der Waals surface area (Å²) in [6.45, 7) is 4.08. The van der Waals surface area contributed by atoms with Crippen molar-refractivity contribution in [3.63, 3.8) is 0 Å². The van der Waals surface area contributed by atoms with Crippen molar-refractivity contribution < 1.29 is 22.8 Å². The van der Waals surface area contributed by atoms with Crippen molar-refractivity contribution in [2.24, 2.45) is 0 Å². The minimum absolute atomic E-state index is 0.141. The third-order valence-corrected chi connectivity index (χ3v) is 8.77. The fourth-order valence-corrected chi connectivity index (χ4v) is 6.31. The highest BCUT2D eigenvalue weighted by molar-refractivity contribution is 7.89. The van der Waals surface area contributed by atoms with Gasteiger partial charge in [0.25, 0.3) is 5.91 Å². The van der Waals surface area contributed by atoms with Gasteiger partial charge in [0.05, 0.1) is 4.90 Å². The summed E-state index contributed by atoms with van der Waals surface area (Å²) in [5.74, 6) is -0.884. The van der Waals surface area contributed by atoms with E-state index >= 15 is 0 Å². The van der Waals surface area contributed by atoms with Gasteiger partial charge in [-0.25, -0.2) is 13.2 Å². The maximum atomic E-state index is 13.3. The summed E-state index contributed by atoms with van der Waals surface area (Å²) in [7, 11) is -3.55. The molecular weight excluding hydrogens is 468 g/mol. The van der Waals surface area contributed by atoms with E-state index in [0.717, 1.165) is 28.9 Å². The van der Waals surface area contributed by atoms with Crippen LogP contribution >= 0.6 is 0 Å². The van der Waals surface area contributed by atoms with Crippen LogP contribution in [0.3, 0.4) is 0 Å². The van der Waals surface area contributed by atoms with Crippen LogP contribution in [0.25, 0.3) is 0 Å². The van der Waals surface area contributed by atoms with Crippen LogP contribution in [-0.4, -0.2) is 55.1 Å². The second-order valence-electron chi connectivity index (χ2n) is 8.75. The number of hydrogen-bond donors (Lipinski definition) is 2. The minimum Gasteiger partial charge on any atom is -0.350 e. The second-order valence-corrected chi connectivity index (χ2v) is 10.7. The van der Waals surface area contributed by atoms with E-state index in [1.807, 2.05) is 24.3 Å². The third-order valence-electron chi connectivity index (χ3n) is 6.71. The Labute approximate surface area is 205 Å². The average molecular weight is 499 g/mol. The standard InChI is InChI=1S/C25H30N4O5S/c1-3-28(4-2)35(33,34)20-13-11-18(12-14-20)16-26-22(30)17-29-23(31)25(27-24(29)32)15-7-9-19-8-5-6-10-21(19)25/h5-6,8,10-14H,3-4,7,9,15-17H2,1-2H3,(H,26,30)(H,27,32). The lowest BCUT2D eigenvalue weighted by Crippen LogP contribution is -2.47. The molecule has 1 aliphatic carbocycles. The van der Waals surface area contributed by atoms with Gasteiger partial charge in [-0.15, -0.1) is 0 Å². The number of amides is 4. The van der Waals surface area contributed by atoms with Crippen molar-refractivity contribution in [1.29, 1.82) is 0 Å². The number of benzene rings is 2. The molecule has 1 unspecified atom stereocenters. The number of sulfonamides is 1. The second kappa shape index (κ2) is 9.79. The van der Waals surface area contributed by atoms with Crippen molar-refractivity contribution in [2.75, 3.05) is 19.6 Å². The molecule has 186 valence electrons. The number of nitrogens with one attached hydrogen (secondary N) is 2. The lowest BCUT2D eigenvalue weighted by atomic mass is 9.76. The van der Waals surface area contributed by atoms with Crippen LogP contribution in [0.4, 0.5) is 4.79 Å². The molecule has 2 aromatic carbocycles. The number of hydrogen-bond acceptors (Lipinski definition) is 5. The van der Waals surface area contributed by atoms with Crippen molar-refractivity contribution >= 4 is 27.9 Å². The molecule has 4 rings (SSSR count). The number of nitrogens with zero attached hydrogens (tertiary/aromatic N) is 2. The molecule has 1 fully saturated rings. The molecule has 35 heavy (non-hydrogen) atoms. The van der Waals surface area contributed by atoms with Crippen LogP contribution in [-0.2, 0) is 38.1 Å². The zero-order chi connectivity index (χ0) is 25.2. The van der Waals surface area contributed by atoms with Gasteiger partial charge >= 0.3 is 6.03 Å². The zero-order valence-corrected chi connectivity index (χ0v) is 20.7. The van der Waals surface area contributed by atoms with E-state index in [4.69, 9.17) is 0 Å². The van der Waals surface area contributed by atoms with Gasteiger partial charge in [0, 0.05) is 19.6 Å². The van der Waals surface area contributed by atoms with Gasteiger partial charge in [0.1, 0.15) is 12.1 Å². The highest BCUT2D eigenvalue weighted by Gasteiger charge is 2.54. The van der Waals surface area contributed by atoms with Crippen LogP contribution in [0.15, 0.2) is 53.4 Å². The quantitative estimate of drug-likeness (QED) is 0.541. The molecule has 4 amide bonds. The first-order valence-corrected chi connectivity index (χ1v) is 13.2. The molecular formula is C25H30N4O5S. The van der Waals surface area contributed by atoms with Crippen LogP contribution in [0.2, 0.25) is 0 Å². The molecule has 1 aliphatic heterocycles. The SMILES string of the molecule is CCN(CC)S(=O)(=O)c1ccc(CNC(=O)CN2C(=O)NC3(CCCc4ccccc43)C2=O)cc1. The summed E-state index contributed by atoms with van der Waals surface area (Å²) in [6.07, 6.45) is 2.11. The molecule has 1 heterocycles. The van der Waals surface area contributed by atoms with E-state index in [0.29, 0.717) is 25.1 Å². The molecule has 0 bridgehead atoms. The Morgan fingerprint density at radius 3 is 2.46 bits per heavy atom. The summed E-state index contributed by atoms with van der Waals surface area (Å²) in [6, 6.07) is 13.3. The highest BCUT2D eigenvalue weighted by Crippen LogP contribution is 2.39. The monoisotopic (exact) mass is 498 g/mol. The van der Waals surface area contributed by atoms with Crippen molar-refractivity contribution in [3.8, 4) is 0 Å². The van der Waals surface area contributed by atoms with Gasteiger partial charge in [-0.1, -0.05) is 50.2 Å². The molecule has 1 spiro atoms. The highest BCUT2D eigenvalue weighted by atomic mass is 32.2. The number of carbonyl (C=O) groups is 3. The molecule has 0 radical (unpaired) electrons. The topological polar surface area (TPSA) is 116 Å². The summed E-state index contributed by atoms with van der Waals surface area (Å²) < 4.78 is 26.6. The molecule has 2 N–H and O–H groups in total. The molecule has 1 atom stereocenters. The minimum atomic E-state index is -3.55. The summed E-state index contributed by atoms with van der Waals surface area (Å²) in [5.41, 5.74) is 1.42. The normalized spacial score (nSPS) is 19.7. The third kappa shape index (κ3) is 4.55. The first-order chi connectivity index (χ1) is 16.7. The number of fused-ring (bicyclic) bond motifs is 2. The van der Waals surface area contributed by atoms with E-state index in [9.17, 15) is 22.8 Å². The maximum Gasteiger partial charge on any atom is 0.325 e. The summed E-state index contributed by atoms with van der Waals surface area (Å²) in [4.78, 5) is 39.7. The number of rotatable bonds is 8. The first-order valence-electron chi connectivity index (χ1n) is 11.8. The van der Waals surface area contributed by atoms with Crippen LogP contribution in [0.5, 0.6) is 0 Å². The number of aryl methyl sites for hydroxylation is 1. The number of carbonyl (C=O) groups excluding carboxylic acids is 3. The largest absolute Gasteiger partial charge is 0.350 e. The first kappa shape index (κ1) is 24.9. The average Bonchev–Trinajstić information content (AvgIpc) is 3.08. The summed E-state index contributed by atoms with van der Waals surface area (Å²) >= 11 is 0. The Balaban J connectivity index is 1.39. The van der Waals surface area contributed by atoms with Crippen molar-refractivity contribution in [3.05, 3.63) is 65.2 Å². The zero-order valence-electron chi connectivity index (χ0n) is 19.9. The van der Waals surface area contributed by atoms with Gasteiger partial charge < -0.3 is 10.6 Å². The van der Waals surface area contributed by atoms with Crippen molar-refractivity contribution in [1.82, 2.24) is 19.8 Å². The fourth-order valence-electron chi connectivity index (χ4n) is 4.85. The molecule has 1 saturated heterocycles. The molecule has 10 heteroatoms. The Morgan fingerprint density at radius 1 is 1.09 bits per heavy atom. The van der Waals surface area contributed by atoms with Gasteiger partial charge in [-0.2, -0.15) is 4.31 Å². The van der Waals surface area contributed by atoms with E-state index < -0.39 is 33.4 Å². The Kier molecular flexibility index (Phi) is 6.95. The van der Waals surface area contributed by atoms with Gasteiger partial charge in [-0.3, -0.25) is 14.5 Å². The molecule has 0 saturated carbocycles. The number of urea groups is 1. The molecule has 2 aromatic rings. The van der Waals surface area contributed by atoms with E-state index in [-0.39, 0.29) is 18.0 Å². The number of imide groups is 1. The van der Waals surface area contributed by atoms with E-state index in [1.54, 1.807) is 26.0 Å². The van der Waals surface area contributed by atoms with Gasteiger partial charge in [0.15, 0.2) is 0 Å². The molecule has 2 aliphatic rings. The van der Waals surface area contributed by atoms with Gasteiger partial charge in [0.2, 0.25) is 15.9 Å². The van der Waals surface area contributed by atoms with Crippen LogP contribution in [0.1, 0.15) is 43.4 Å². The van der Waals surface area contributed by atoms with Crippen LogP contribution < -0.4 is 10.6 Å². The Morgan fingerprint density at radius 2 is 1.77 bits per heavy atom. The van der Waals surface area contributed by atoms with Crippen molar-refractivity contribution in [2.45, 2.75) is 50.1 Å². The Hall–Kier alpha value is -3.24. The fraction of sp³-hybridized carbons (Fsp3) is 0.400. The lowest BCUT2D eigenvalue weighted by Gasteiger charge is -2.33.